The maximum absolute atomic E-state index is 5.71. The average molecular weight is 259 g/mol. The smallest absolute Gasteiger partial charge is 0.145 e. The molecule has 3 N–H and O–H groups in total. The molecule has 0 aliphatic heterocycles. The van der Waals surface area contributed by atoms with Crippen molar-refractivity contribution in [3.8, 4) is 17.0 Å². The third kappa shape index (κ3) is 2.89. The highest BCUT2D eigenvalue weighted by atomic mass is 16.5. The van der Waals surface area contributed by atoms with Crippen molar-refractivity contribution in [2.45, 2.75) is 33.1 Å². The van der Waals surface area contributed by atoms with E-state index < -0.39 is 0 Å². The lowest BCUT2D eigenvalue weighted by Gasteiger charge is -2.16. The number of nitrogens with zero attached hydrogens (tertiary/aromatic N) is 1. The molecule has 0 fully saturated rings. The Morgan fingerprint density at radius 3 is 2.68 bits per heavy atom. The topological polar surface area (TPSA) is 63.9 Å². The van der Waals surface area contributed by atoms with Crippen LogP contribution in [0.4, 0.5) is 5.82 Å². The lowest BCUT2D eigenvalue weighted by molar-refractivity contribution is 0.334. The van der Waals surface area contributed by atoms with Gasteiger partial charge in [0.25, 0.3) is 0 Å². The molecule has 102 valence electrons. The Morgan fingerprint density at radius 1 is 1.32 bits per heavy atom. The second kappa shape index (κ2) is 5.78. The molecular formula is C15H21N3O. The lowest BCUT2D eigenvalue weighted by atomic mass is 9.95. The molecule has 0 aliphatic rings. The largest absolute Gasteiger partial charge is 0.494 e. The van der Waals surface area contributed by atoms with Gasteiger partial charge >= 0.3 is 0 Å². The van der Waals surface area contributed by atoms with E-state index in [2.05, 4.69) is 30.1 Å². The van der Waals surface area contributed by atoms with E-state index in [0.29, 0.717) is 18.3 Å². The van der Waals surface area contributed by atoms with E-state index in [1.54, 1.807) is 0 Å². The van der Waals surface area contributed by atoms with Crippen LogP contribution in [0.25, 0.3) is 11.3 Å². The van der Waals surface area contributed by atoms with Gasteiger partial charge in [0.05, 0.1) is 12.3 Å². The van der Waals surface area contributed by atoms with Gasteiger partial charge in [0.15, 0.2) is 0 Å². The summed E-state index contributed by atoms with van der Waals surface area (Å²) in [6, 6.07) is 8.06. The number of hydrogen-bond donors (Lipinski definition) is 2. The number of nitrogen functional groups attached to an aromatic ring is 1. The number of aromatic amines is 1. The van der Waals surface area contributed by atoms with Gasteiger partial charge in [-0.05, 0) is 43.0 Å². The minimum Gasteiger partial charge on any atom is -0.494 e. The van der Waals surface area contributed by atoms with Crippen molar-refractivity contribution >= 4 is 5.82 Å². The second-order valence-electron chi connectivity index (χ2n) is 4.70. The summed E-state index contributed by atoms with van der Waals surface area (Å²) in [7, 11) is 0. The van der Waals surface area contributed by atoms with Crippen molar-refractivity contribution in [2.24, 2.45) is 0 Å². The van der Waals surface area contributed by atoms with Crippen LogP contribution in [0, 0.1) is 0 Å². The summed E-state index contributed by atoms with van der Waals surface area (Å²) in [5.41, 5.74) is 8.90. The number of H-pyrrole nitrogens is 1. The van der Waals surface area contributed by atoms with Crippen molar-refractivity contribution in [3.05, 3.63) is 29.8 Å². The quantitative estimate of drug-likeness (QED) is 0.862. The summed E-state index contributed by atoms with van der Waals surface area (Å²) in [5.74, 6) is 1.93. The standard InChI is InChI=1S/C15H21N3O/c1-4-10(3)12-8-11(6-7-14(12)19-5-2)13-9-15(16)18-17-13/h6-10H,4-5H2,1-3H3,(H3,16,17,18). The first kappa shape index (κ1) is 13.5. The molecule has 0 bridgehead atoms. The predicted octanol–water partition coefficient (Wildman–Crippen LogP) is 3.57. The molecule has 2 aromatic rings. The number of hydrogen-bond acceptors (Lipinski definition) is 3. The minimum atomic E-state index is 0.460. The van der Waals surface area contributed by atoms with E-state index in [9.17, 15) is 0 Å². The molecule has 0 radical (unpaired) electrons. The van der Waals surface area contributed by atoms with Gasteiger partial charge in [0.1, 0.15) is 11.6 Å². The summed E-state index contributed by atoms with van der Waals surface area (Å²) in [4.78, 5) is 0. The summed E-state index contributed by atoms with van der Waals surface area (Å²) in [6.45, 7) is 7.08. The highest BCUT2D eigenvalue weighted by molar-refractivity contribution is 5.64. The van der Waals surface area contributed by atoms with Gasteiger partial charge in [-0.2, -0.15) is 5.10 Å². The van der Waals surface area contributed by atoms with E-state index in [-0.39, 0.29) is 0 Å². The summed E-state index contributed by atoms with van der Waals surface area (Å²) < 4.78 is 5.71. The normalized spacial score (nSPS) is 12.4. The molecule has 1 aromatic carbocycles. The van der Waals surface area contributed by atoms with Crippen molar-refractivity contribution < 1.29 is 4.74 Å². The first-order valence-electron chi connectivity index (χ1n) is 6.73. The third-order valence-electron chi connectivity index (χ3n) is 3.36. The fourth-order valence-corrected chi connectivity index (χ4v) is 2.09. The van der Waals surface area contributed by atoms with Crippen LogP contribution in [-0.2, 0) is 0 Å². The molecule has 4 heteroatoms. The van der Waals surface area contributed by atoms with Crippen LogP contribution in [0.1, 0.15) is 38.7 Å². The van der Waals surface area contributed by atoms with E-state index in [1.807, 2.05) is 25.1 Å². The van der Waals surface area contributed by atoms with Gasteiger partial charge in [-0.25, -0.2) is 0 Å². The minimum absolute atomic E-state index is 0.460. The van der Waals surface area contributed by atoms with E-state index in [0.717, 1.165) is 23.4 Å². The Morgan fingerprint density at radius 2 is 2.11 bits per heavy atom. The molecule has 1 aromatic heterocycles. The Bertz CT molecular complexity index is 548. The zero-order valence-electron chi connectivity index (χ0n) is 11.7. The first-order valence-corrected chi connectivity index (χ1v) is 6.73. The number of aromatic nitrogens is 2. The van der Waals surface area contributed by atoms with Crippen LogP contribution in [0.15, 0.2) is 24.3 Å². The molecule has 0 aliphatic carbocycles. The van der Waals surface area contributed by atoms with Gasteiger partial charge in [-0.15, -0.1) is 0 Å². The Hall–Kier alpha value is -1.97. The number of rotatable bonds is 5. The number of benzene rings is 1. The van der Waals surface area contributed by atoms with Crippen molar-refractivity contribution in [2.75, 3.05) is 12.3 Å². The summed E-state index contributed by atoms with van der Waals surface area (Å²) in [6.07, 6.45) is 1.08. The maximum atomic E-state index is 5.71. The Balaban J connectivity index is 2.42. The van der Waals surface area contributed by atoms with Crippen molar-refractivity contribution in [1.29, 1.82) is 0 Å². The van der Waals surface area contributed by atoms with Gasteiger partial charge < -0.3 is 10.5 Å². The lowest BCUT2D eigenvalue weighted by Crippen LogP contribution is -2.00. The van der Waals surface area contributed by atoms with Crippen LogP contribution < -0.4 is 10.5 Å². The predicted molar refractivity (Wildman–Crippen MR) is 78.3 cm³/mol. The summed E-state index contributed by atoms with van der Waals surface area (Å²) in [5, 5.41) is 6.91. The number of ether oxygens (including phenoxy) is 1. The molecule has 1 atom stereocenters. The highest BCUT2D eigenvalue weighted by Crippen LogP contribution is 2.33. The molecule has 19 heavy (non-hydrogen) atoms. The van der Waals surface area contributed by atoms with Crippen molar-refractivity contribution in [1.82, 2.24) is 10.2 Å². The molecule has 1 unspecified atom stereocenters. The highest BCUT2D eigenvalue weighted by Gasteiger charge is 2.12. The maximum Gasteiger partial charge on any atom is 0.145 e. The summed E-state index contributed by atoms with van der Waals surface area (Å²) >= 11 is 0. The van der Waals surface area contributed by atoms with Crippen LogP contribution in [0.3, 0.4) is 0 Å². The second-order valence-corrected chi connectivity index (χ2v) is 4.70. The first-order chi connectivity index (χ1) is 9.15. The van der Waals surface area contributed by atoms with Crippen LogP contribution in [-0.4, -0.2) is 16.8 Å². The van der Waals surface area contributed by atoms with E-state index in [1.165, 1.54) is 5.56 Å². The van der Waals surface area contributed by atoms with E-state index >= 15 is 0 Å². The molecule has 0 amide bonds. The zero-order chi connectivity index (χ0) is 13.8. The zero-order valence-corrected chi connectivity index (χ0v) is 11.7. The number of nitrogens with two attached hydrogens (primary N) is 1. The van der Waals surface area contributed by atoms with Crippen LogP contribution in [0.2, 0.25) is 0 Å². The van der Waals surface area contributed by atoms with Crippen LogP contribution in [0.5, 0.6) is 5.75 Å². The molecule has 0 spiro atoms. The fraction of sp³-hybridized carbons (Fsp3) is 0.400. The Labute approximate surface area is 114 Å². The number of nitrogens with one attached hydrogen (secondary N) is 1. The third-order valence-corrected chi connectivity index (χ3v) is 3.36. The van der Waals surface area contributed by atoms with Gasteiger partial charge in [-0.3, -0.25) is 5.10 Å². The van der Waals surface area contributed by atoms with Crippen LogP contribution >= 0.6 is 0 Å². The molecule has 0 saturated heterocycles. The average Bonchev–Trinajstić information content (AvgIpc) is 2.85. The molecule has 1 heterocycles. The monoisotopic (exact) mass is 259 g/mol. The molecule has 0 saturated carbocycles. The van der Waals surface area contributed by atoms with Gasteiger partial charge in [0, 0.05) is 11.6 Å². The molecular weight excluding hydrogens is 238 g/mol. The molecule has 2 rings (SSSR count). The number of anilines is 1. The van der Waals surface area contributed by atoms with Gasteiger partial charge in [0.2, 0.25) is 0 Å². The fourth-order valence-electron chi connectivity index (χ4n) is 2.09. The Kier molecular flexibility index (Phi) is 4.10. The van der Waals surface area contributed by atoms with Gasteiger partial charge in [-0.1, -0.05) is 13.8 Å². The van der Waals surface area contributed by atoms with E-state index in [4.69, 9.17) is 10.5 Å². The van der Waals surface area contributed by atoms with Crippen molar-refractivity contribution in [3.63, 3.8) is 0 Å². The SMILES string of the molecule is CCOc1ccc(-c2cc(N)n[nH]2)cc1C(C)CC. The molecule has 4 nitrogen and oxygen atoms in total.